The highest BCUT2D eigenvalue weighted by Gasteiger charge is 2.07. The van der Waals surface area contributed by atoms with Crippen LogP contribution in [0.4, 0.5) is 11.4 Å². The molecule has 0 aliphatic carbocycles. The summed E-state index contributed by atoms with van der Waals surface area (Å²) in [6.07, 6.45) is 2.73. The predicted octanol–water partition coefficient (Wildman–Crippen LogP) is 5.25. The molecule has 0 saturated heterocycles. The Morgan fingerprint density at radius 1 is 1.17 bits per heavy atom. The lowest BCUT2D eigenvalue weighted by Crippen LogP contribution is -2.12. The van der Waals surface area contributed by atoms with Crippen LogP contribution in [0.2, 0.25) is 5.02 Å². The Hall–Kier alpha value is -2.26. The molecule has 0 aromatic heterocycles. The molecular weight excluding hydrogens is 308 g/mol. The first-order valence-electron chi connectivity index (χ1n) is 7.65. The van der Waals surface area contributed by atoms with Gasteiger partial charge < -0.3 is 10.6 Å². The Bertz CT molecular complexity index is 696. The van der Waals surface area contributed by atoms with E-state index in [0.29, 0.717) is 22.8 Å². The van der Waals surface area contributed by atoms with Crippen molar-refractivity contribution in [1.82, 2.24) is 0 Å². The molecule has 0 radical (unpaired) electrons. The summed E-state index contributed by atoms with van der Waals surface area (Å²) in [6, 6.07) is 15.6. The average Bonchev–Trinajstić information content (AvgIpc) is 2.55. The van der Waals surface area contributed by atoms with Crippen LogP contribution in [0.3, 0.4) is 0 Å². The van der Waals surface area contributed by atoms with E-state index >= 15 is 0 Å². The number of hydrogen-bond acceptors (Lipinski definition) is 2. The van der Waals surface area contributed by atoms with Crippen LogP contribution in [0.5, 0.6) is 0 Å². The molecule has 0 aliphatic heterocycles. The summed E-state index contributed by atoms with van der Waals surface area (Å²) in [6.45, 7) is 4.50. The maximum absolute atomic E-state index is 12.0. The molecular formula is C19H21ClN2O. The van der Waals surface area contributed by atoms with Gasteiger partial charge in [-0.15, -0.1) is 0 Å². The Balaban J connectivity index is 2.00. The van der Waals surface area contributed by atoms with Crippen molar-refractivity contribution in [2.45, 2.75) is 26.8 Å². The zero-order valence-corrected chi connectivity index (χ0v) is 14.2. The molecule has 120 valence electrons. The molecule has 2 rings (SSSR count). The Kier molecular flexibility index (Phi) is 6.24. The molecule has 1 amide bonds. The van der Waals surface area contributed by atoms with Crippen LogP contribution in [0.1, 0.15) is 25.8 Å². The predicted molar refractivity (Wildman–Crippen MR) is 97.9 cm³/mol. The Morgan fingerprint density at radius 3 is 2.57 bits per heavy atom. The maximum Gasteiger partial charge on any atom is 0.250 e. The third kappa shape index (κ3) is 5.15. The molecule has 0 bridgehead atoms. The van der Waals surface area contributed by atoms with Gasteiger partial charge in [0.05, 0.1) is 10.7 Å². The van der Waals surface area contributed by atoms with Crippen LogP contribution in [0.25, 0.3) is 0 Å². The highest BCUT2D eigenvalue weighted by molar-refractivity contribution is 6.33. The van der Waals surface area contributed by atoms with Crippen molar-refractivity contribution < 1.29 is 4.79 Å². The SMILES string of the molecule is CC/C=C(/C)C(=O)Nc1ccc(NCc2ccccc2)c(Cl)c1. The van der Waals surface area contributed by atoms with Gasteiger partial charge in [-0.1, -0.05) is 54.9 Å². The normalized spacial score (nSPS) is 11.2. The minimum atomic E-state index is -0.104. The number of anilines is 2. The topological polar surface area (TPSA) is 41.1 Å². The molecule has 2 aromatic carbocycles. The van der Waals surface area contributed by atoms with Gasteiger partial charge in [0, 0.05) is 17.8 Å². The minimum Gasteiger partial charge on any atom is -0.380 e. The van der Waals surface area contributed by atoms with Gasteiger partial charge in [0.2, 0.25) is 0 Å². The van der Waals surface area contributed by atoms with Crippen molar-refractivity contribution in [2.75, 3.05) is 10.6 Å². The summed E-state index contributed by atoms with van der Waals surface area (Å²) in [4.78, 5) is 12.0. The molecule has 0 heterocycles. The van der Waals surface area contributed by atoms with E-state index in [2.05, 4.69) is 22.8 Å². The van der Waals surface area contributed by atoms with E-state index in [1.807, 2.05) is 43.3 Å². The lowest BCUT2D eigenvalue weighted by Gasteiger charge is -2.11. The molecule has 2 N–H and O–H groups in total. The van der Waals surface area contributed by atoms with Gasteiger partial charge >= 0.3 is 0 Å². The van der Waals surface area contributed by atoms with Gasteiger partial charge in [0.25, 0.3) is 5.91 Å². The van der Waals surface area contributed by atoms with Gasteiger partial charge in [-0.2, -0.15) is 0 Å². The summed E-state index contributed by atoms with van der Waals surface area (Å²) >= 11 is 6.29. The zero-order valence-electron chi connectivity index (χ0n) is 13.4. The number of allylic oxidation sites excluding steroid dienone is 1. The molecule has 0 fully saturated rings. The first-order valence-corrected chi connectivity index (χ1v) is 8.03. The second-order valence-electron chi connectivity index (χ2n) is 5.28. The highest BCUT2D eigenvalue weighted by atomic mass is 35.5. The maximum atomic E-state index is 12.0. The molecule has 0 saturated carbocycles. The summed E-state index contributed by atoms with van der Waals surface area (Å²) in [7, 11) is 0. The van der Waals surface area contributed by atoms with Crippen molar-refractivity contribution in [3.8, 4) is 0 Å². The monoisotopic (exact) mass is 328 g/mol. The molecule has 0 atom stereocenters. The highest BCUT2D eigenvalue weighted by Crippen LogP contribution is 2.26. The van der Waals surface area contributed by atoms with E-state index in [1.54, 1.807) is 13.0 Å². The van der Waals surface area contributed by atoms with Gasteiger partial charge in [-0.3, -0.25) is 4.79 Å². The number of carbonyl (C=O) groups excluding carboxylic acids is 1. The molecule has 23 heavy (non-hydrogen) atoms. The second-order valence-corrected chi connectivity index (χ2v) is 5.69. The van der Waals surface area contributed by atoms with Crippen molar-refractivity contribution >= 4 is 28.9 Å². The fourth-order valence-electron chi connectivity index (χ4n) is 2.16. The van der Waals surface area contributed by atoms with Crippen molar-refractivity contribution in [1.29, 1.82) is 0 Å². The van der Waals surface area contributed by atoms with E-state index in [-0.39, 0.29) is 5.91 Å². The van der Waals surface area contributed by atoms with E-state index in [4.69, 9.17) is 11.6 Å². The third-order valence-corrected chi connectivity index (χ3v) is 3.73. The summed E-state index contributed by atoms with van der Waals surface area (Å²) in [5.41, 5.74) is 3.42. The fraction of sp³-hybridized carbons (Fsp3) is 0.211. The van der Waals surface area contributed by atoms with Crippen molar-refractivity contribution in [2.24, 2.45) is 0 Å². The molecule has 2 aromatic rings. The van der Waals surface area contributed by atoms with Crippen LogP contribution in [-0.4, -0.2) is 5.91 Å². The first-order chi connectivity index (χ1) is 11.1. The van der Waals surface area contributed by atoms with E-state index in [0.717, 1.165) is 12.1 Å². The molecule has 0 spiro atoms. The number of benzene rings is 2. The summed E-state index contributed by atoms with van der Waals surface area (Å²) in [5, 5.41) is 6.73. The Morgan fingerprint density at radius 2 is 1.91 bits per heavy atom. The van der Waals surface area contributed by atoms with E-state index in [9.17, 15) is 4.79 Å². The van der Waals surface area contributed by atoms with E-state index < -0.39 is 0 Å². The third-order valence-electron chi connectivity index (χ3n) is 3.42. The van der Waals surface area contributed by atoms with Crippen LogP contribution in [0.15, 0.2) is 60.2 Å². The van der Waals surface area contributed by atoms with Gasteiger partial charge in [0.15, 0.2) is 0 Å². The van der Waals surface area contributed by atoms with Crippen molar-refractivity contribution in [3.05, 3.63) is 70.8 Å². The first kappa shape index (κ1) is 17.1. The lowest BCUT2D eigenvalue weighted by atomic mass is 10.2. The van der Waals surface area contributed by atoms with Gasteiger partial charge in [-0.05, 0) is 37.1 Å². The smallest absolute Gasteiger partial charge is 0.250 e. The number of hydrogen-bond donors (Lipinski definition) is 2. The molecule has 4 heteroatoms. The van der Waals surface area contributed by atoms with Crippen LogP contribution >= 0.6 is 11.6 Å². The van der Waals surface area contributed by atoms with Crippen LogP contribution in [0, 0.1) is 0 Å². The standard InChI is InChI=1S/C19H21ClN2O/c1-3-7-14(2)19(23)22-16-10-11-18(17(20)12-16)21-13-15-8-5-4-6-9-15/h4-12,21H,3,13H2,1-2H3,(H,22,23)/b14-7-. The van der Waals surface area contributed by atoms with Crippen LogP contribution < -0.4 is 10.6 Å². The van der Waals surface area contributed by atoms with Gasteiger partial charge in [-0.25, -0.2) is 0 Å². The quantitative estimate of drug-likeness (QED) is 0.711. The number of halogens is 1. The molecule has 0 aliphatic rings. The fourth-order valence-corrected chi connectivity index (χ4v) is 2.41. The number of amides is 1. The summed E-state index contributed by atoms with van der Waals surface area (Å²) in [5.74, 6) is -0.104. The van der Waals surface area contributed by atoms with Crippen LogP contribution in [-0.2, 0) is 11.3 Å². The van der Waals surface area contributed by atoms with Gasteiger partial charge in [0.1, 0.15) is 0 Å². The number of carbonyl (C=O) groups is 1. The zero-order chi connectivity index (χ0) is 16.7. The average molecular weight is 329 g/mol. The number of nitrogens with one attached hydrogen (secondary N) is 2. The largest absolute Gasteiger partial charge is 0.380 e. The minimum absolute atomic E-state index is 0.104. The Labute approximate surface area is 142 Å². The number of rotatable bonds is 6. The second kappa shape index (κ2) is 8.39. The molecule has 0 unspecified atom stereocenters. The summed E-state index contributed by atoms with van der Waals surface area (Å²) < 4.78 is 0. The lowest BCUT2D eigenvalue weighted by molar-refractivity contribution is -0.112. The molecule has 3 nitrogen and oxygen atoms in total. The van der Waals surface area contributed by atoms with Crippen molar-refractivity contribution in [3.63, 3.8) is 0 Å². The van der Waals surface area contributed by atoms with E-state index in [1.165, 1.54) is 5.56 Å².